The van der Waals surface area contributed by atoms with E-state index in [1.54, 1.807) is 0 Å². The van der Waals surface area contributed by atoms with E-state index in [0.717, 1.165) is 44.6 Å². The van der Waals surface area contributed by atoms with Gasteiger partial charge >= 0.3 is 0 Å². The van der Waals surface area contributed by atoms with Crippen molar-refractivity contribution in [3.05, 3.63) is 103 Å². The molecule has 2 heterocycles. The molecule has 0 atom stereocenters. The van der Waals surface area contributed by atoms with Gasteiger partial charge in [0.25, 0.3) is 0 Å². The molecule has 5 nitrogen and oxygen atoms in total. The van der Waals surface area contributed by atoms with Crippen molar-refractivity contribution in [2.75, 3.05) is 11.9 Å². The van der Waals surface area contributed by atoms with E-state index in [9.17, 15) is 0 Å². The zero-order chi connectivity index (χ0) is 24.2. The zero-order valence-electron chi connectivity index (χ0n) is 19.9. The molecule has 3 aromatic carbocycles. The third-order valence-electron chi connectivity index (χ3n) is 6.08. The van der Waals surface area contributed by atoms with E-state index in [2.05, 4.69) is 70.3 Å². The number of benzene rings is 3. The van der Waals surface area contributed by atoms with Crippen LogP contribution >= 0.6 is 0 Å². The Bertz CT molecular complexity index is 1580. The van der Waals surface area contributed by atoms with E-state index in [1.807, 2.05) is 62.5 Å². The number of hydrogen-bond donors (Lipinski definition) is 1. The molecule has 0 aliphatic rings. The molecule has 0 aliphatic heterocycles. The Morgan fingerprint density at radius 2 is 1.86 bits per heavy atom. The molecular formula is C30H27N5. The van der Waals surface area contributed by atoms with Crippen LogP contribution in [0.15, 0.2) is 108 Å². The zero-order valence-corrected chi connectivity index (χ0v) is 19.9. The van der Waals surface area contributed by atoms with Crippen molar-refractivity contribution in [3.63, 3.8) is 0 Å². The van der Waals surface area contributed by atoms with Gasteiger partial charge in [-0.05, 0) is 54.4 Å². The minimum atomic E-state index is 0.499. The number of fused-ring (bicyclic) bond motifs is 2. The third-order valence-corrected chi connectivity index (χ3v) is 6.08. The molecule has 5 rings (SSSR count). The number of anilines is 1. The molecule has 0 bridgehead atoms. The van der Waals surface area contributed by atoms with Gasteiger partial charge in [-0.15, -0.1) is 0 Å². The number of nitrogens with one attached hydrogen (secondary N) is 1. The first-order valence-electron chi connectivity index (χ1n) is 11.6. The van der Waals surface area contributed by atoms with E-state index in [1.165, 1.54) is 5.39 Å². The summed E-state index contributed by atoms with van der Waals surface area (Å²) in [4.78, 5) is 14.2. The van der Waals surface area contributed by atoms with Crippen LogP contribution in [0.3, 0.4) is 0 Å². The normalized spacial score (nSPS) is 12.0. The quantitative estimate of drug-likeness (QED) is 0.211. The largest absolute Gasteiger partial charge is 0.364 e. The van der Waals surface area contributed by atoms with Gasteiger partial charge in [0.05, 0.1) is 23.1 Å². The van der Waals surface area contributed by atoms with Crippen molar-refractivity contribution >= 4 is 34.3 Å². The second-order valence-electron chi connectivity index (χ2n) is 8.36. The number of aliphatic imine (C=N–C) groups is 1. The highest BCUT2D eigenvalue weighted by atomic mass is 15.0. The standard InChI is InChI=1S/C30H27N5/c1-4-5-12-24(31-2)20-32-30-28-25(21-10-7-6-8-11-21)13-9-14-26(28)33-29(34-30)23-16-15-22-17-18-35(3)27(22)19-23/h4-19H,2,20H2,1,3H3,(H,32,33,34)/b5-4-,24-12-. The van der Waals surface area contributed by atoms with Crippen LogP contribution in [0.2, 0.25) is 0 Å². The molecule has 35 heavy (non-hydrogen) atoms. The van der Waals surface area contributed by atoms with Crippen LogP contribution in [0.4, 0.5) is 5.82 Å². The maximum absolute atomic E-state index is 5.03. The average molecular weight is 458 g/mol. The van der Waals surface area contributed by atoms with Crippen molar-refractivity contribution < 1.29 is 0 Å². The lowest BCUT2D eigenvalue weighted by molar-refractivity contribution is 0.969. The maximum Gasteiger partial charge on any atom is 0.162 e. The van der Waals surface area contributed by atoms with E-state index >= 15 is 0 Å². The molecule has 5 aromatic rings. The second kappa shape index (κ2) is 9.77. The molecular weight excluding hydrogens is 430 g/mol. The summed E-state index contributed by atoms with van der Waals surface area (Å²) in [5.74, 6) is 1.45. The number of hydrogen-bond acceptors (Lipinski definition) is 4. The van der Waals surface area contributed by atoms with Gasteiger partial charge in [0.2, 0.25) is 0 Å². The Morgan fingerprint density at radius 3 is 2.66 bits per heavy atom. The fourth-order valence-corrected chi connectivity index (χ4v) is 4.25. The van der Waals surface area contributed by atoms with Crippen LogP contribution in [0.5, 0.6) is 0 Å². The van der Waals surface area contributed by atoms with Crippen LogP contribution < -0.4 is 5.32 Å². The lowest BCUT2D eigenvalue weighted by atomic mass is 10.0. The summed E-state index contributed by atoms with van der Waals surface area (Å²) in [5, 5.41) is 5.69. The van der Waals surface area contributed by atoms with Crippen LogP contribution in [0, 0.1) is 0 Å². The monoisotopic (exact) mass is 457 g/mol. The molecule has 5 heteroatoms. The van der Waals surface area contributed by atoms with Crippen LogP contribution in [-0.4, -0.2) is 27.8 Å². The highest BCUT2D eigenvalue weighted by Gasteiger charge is 2.15. The number of aryl methyl sites for hydroxylation is 1. The first-order valence-corrected chi connectivity index (χ1v) is 11.6. The predicted molar refractivity (Wildman–Crippen MR) is 148 cm³/mol. The third kappa shape index (κ3) is 4.49. The Labute approximate surface area is 205 Å². The van der Waals surface area contributed by atoms with Crippen LogP contribution in [-0.2, 0) is 7.05 Å². The maximum atomic E-state index is 5.03. The fraction of sp³-hybridized carbons (Fsp3) is 0.100. The van der Waals surface area contributed by atoms with E-state index in [-0.39, 0.29) is 0 Å². The number of nitrogens with zero attached hydrogens (tertiary/aromatic N) is 4. The molecule has 2 aromatic heterocycles. The molecule has 172 valence electrons. The Hall–Kier alpha value is -4.51. The molecule has 0 saturated carbocycles. The molecule has 0 amide bonds. The Kier molecular flexibility index (Phi) is 6.22. The highest BCUT2D eigenvalue weighted by molar-refractivity contribution is 6.02. The molecule has 0 radical (unpaired) electrons. The summed E-state index contributed by atoms with van der Waals surface area (Å²) in [6.45, 7) is 6.20. The fourth-order valence-electron chi connectivity index (χ4n) is 4.25. The Balaban J connectivity index is 1.68. The van der Waals surface area contributed by atoms with Gasteiger partial charge in [-0.2, -0.15) is 0 Å². The van der Waals surface area contributed by atoms with Gasteiger partial charge in [0, 0.05) is 24.3 Å². The van der Waals surface area contributed by atoms with Crippen LogP contribution in [0.25, 0.3) is 44.3 Å². The second-order valence-corrected chi connectivity index (χ2v) is 8.36. The van der Waals surface area contributed by atoms with Gasteiger partial charge in [-0.25, -0.2) is 9.97 Å². The first kappa shape index (κ1) is 22.3. The van der Waals surface area contributed by atoms with E-state index < -0.39 is 0 Å². The van der Waals surface area contributed by atoms with Gasteiger partial charge in [-0.3, -0.25) is 4.99 Å². The van der Waals surface area contributed by atoms with E-state index in [0.29, 0.717) is 12.4 Å². The molecule has 0 aliphatic carbocycles. The smallest absolute Gasteiger partial charge is 0.162 e. The summed E-state index contributed by atoms with van der Waals surface area (Å²) >= 11 is 0. The molecule has 0 spiro atoms. The first-order chi connectivity index (χ1) is 17.2. The highest BCUT2D eigenvalue weighted by Crippen LogP contribution is 2.34. The molecule has 1 N–H and O–H groups in total. The Morgan fingerprint density at radius 1 is 1.00 bits per heavy atom. The van der Waals surface area contributed by atoms with Crippen molar-refractivity contribution in [1.29, 1.82) is 0 Å². The van der Waals surface area contributed by atoms with Crippen LogP contribution in [0.1, 0.15) is 6.92 Å². The lowest BCUT2D eigenvalue weighted by Gasteiger charge is -2.15. The van der Waals surface area contributed by atoms with Gasteiger partial charge in [0.15, 0.2) is 5.82 Å². The van der Waals surface area contributed by atoms with Gasteiger partial charge < -0.3 is 9.88 Å². The SMILES string of the molecule is C=N/C(=C\C=C/C)CNc1nc(-c2ccc3ccn(C)c3c2)nc2cccc(-c3ccccc3)c12. The summed E-state index contributed by atoms with van der Waals surface area (Å²) in [5.41, 5.74) is 6.04. The topological polar surface area (TPSA) is 55.1 Å². The summed E-state index contributed by atoms with van der Waals surface area (Å²) in [6, 6.07) is 25.0. The van der Waals surface area contributed by atoms with Crippen molar-refractivity contribution in [2.45, 2.75) is 6.92 Å². The lowest BCUT2D eigenvalue weighted by Crippen LogP contribution is -2.08. The summed E-state index contributed by atoms with van der Waals surface area (Å²) < 4.78 is 2.11. The number of aromatic nitrogens is 3. The minimum absolute atomic E-state index is 0.499. The van der Waals surface area contributed by atoms with Crippen molar-refractivity contribution in [3.8, 4) is 22.5 Å². The van der Waals surface area contributed by atoms with Gasteiger partial charge in [-0.1, -0.05) is 66.7 Å². The predicted octanol–water partition coefficient (Wildman–Crippen LogP) is 7.03. The van der Waals surface area contributed by atoms with Crippen molar-refractivity contribution in [1.82, 2.24) is 14.5 Å². The molecule has 0 unspecified atom stereocenters. The molecule has 0 fully saturated rings. The minimum Gasteiger partial charge on any atom is -0.364 e. The summed E-state index contributed by atoms with van der Waals surface area (Å²) in [6.07, 6.45) is 7.94. The number of allylic oxidation sites excluding steroid dienone is 3. The van der Waals surface area contributed by atoms with Gasteiger partial charge in [0.1, 0.15) is 5.82 Å². The number of rotatable bonds is 7. The summed E-state index contributed by atoms with van der Waals surface area (Å²) in [7, 11) is 2.05. The molecule has 0 saturated heterocycles. The van der Waals surface area contributed by atoms with E-state index in [4.69, 9.17) is 9.97 Å². The van der Waals surface area contributed by atoms with Crippen molar-refractivity contribution in [2.24, 2.45) is 12.0 Å². The average Bonchev–Trinajstić information content (AvgIpc) is 3.28.